The molecule has 0 spiro atoms. The second kappa shape index (κ2) is 11.2. The number of alkyl halides is 3. The lowest BCUT2D eigenvalue weighted by Crippen LogP contribution is -2.41. The minimum absolute atomic E-state index is 0.0395. The quantitative estimate of drug-likeness (QED) is 0.149. The van der Waals surface area contributed by atoms with E-state index in [4.69, 9.17) is 32.4 Å². The summed E-state index contributed by atoms with van der Waals surface area (Å²) in [6.45, 7) is 1.24. The number of carbonyl (C=O) groups is 1. The molecule has 0 bridgehead atoms. The van der Waals surface area contributed by atoms with Gasteiger partial charge in [0.2, 0.25) is 0 Å². The molecule has 0 N–H and O–H groups in total. The number of nitro groups is 1. The van der Waals surface area contributed by atoms with Crippen molar-refractivity contribution < 1.29 is 32.0 Å². The molecule has 0 saturated carbocycles. The lowest BCUT2D eigenvalue weighted by molar-refractivity contribution is -0.384. The Labute approximate surface area is 247 Å². The fraction of sp³-hybridized carbons (Fsp3) is 0.148. The first kappa shape index (κ1) is 29.3. The number of carbonyl (C=O) groups excluding carboxylic acids is 1. The first-order valence-electron chi connectivity index (χ1n) is 12.0. The van der Waals surface area contributed by atoms with Crippen LogP contribution in [0.25, 0.3) is 17.4 Å². The Bertz CT molecular complexity index is 1940. The van der Waals surface area contributed by atoms with Crippen LogP contribution in [0.1, 0.15) is 24.3 Å². The highest BCUT2D eigenvalue weighted by Crippen LogP contribution is 2.38. The van der Waals surface area contributed by atoms with Gasteiger partial charge in [-0.3, -0.25) is 19.5 Å². The number of ether oxygens (including phenoxy) is 1. The van der Waals surface area contributed by atoms with E-state index in [1.54, 1.807) is 0 Å². The molecule has 2 aromatic carbocycles. The molecule has 0 unspecified atom stereocenters. The molecule has 3 heterocycles. The number of allylic oxidation sites excluding steroid dienone is 1. The number of halogens is 5. The number of benzene rings is 2. The van der Waals surface area contributed by atoms with E-state index in [1.165, 1.54) is 67.6 Å². The predicted octanol–water partition coefficient (Wildman–Crippen LogP) is 5.82. The SMILES string of the molecule is CCOC(=O)C1=C(C(F)(F)F)N=c2s/c(=C\c3ccc(-c4ccc(Cl)c([N+](=O)[O-])c4)o3)c(=O)n2[C@H]1c1ccc(Cl)cc1. The van der Waals surface area contributed by atoms with Crippen molar-refractivity contribution in [2.45, 2.75) is 19.1 Å². The maximum absolute atomic E-state index is 14.2. The van der Waals surface area contributed by atoms with Crippen LogP contribution in [0.15, 0.2) is 80.1 Å². The van der Waals surface area contributed by atoms with E-state index in [1.807, 2.05) is 0 Å². The van der Waals surface area contributed by atoms with E-state index >= 15 is 0 Å². The second-order valence-electron chi connectivity index (χ2n) is 8.74. The number of hydrogen-bond acceptors (Lipinski definition) is 8. The maximum atomic E-state index is 14.2. The zero-order valence-electron chi connectivity index (χ0n) is 21.1. The minimum atomic E-state index is -5.04. The lowest BCUT2D eigenvalue weighted by Gasteiger charge is -2.26. The maximum Gasteiger partial charge on any atom is 0.434 e. The molecule has 1 aliphatic heterocycles. The Kier molecular flexibility index (Phi) is 7.84. The number of furan rings is 1. The van der Waals surface area contributed by atoms with Gasteiger partial charge in [-0.15, -0.1) is 0 Å². The van der Waals surface area contributed by atoms with Crippen LogP contribution in [0.2, 0.25) is 10.0 Å². The smallest absolute Gasteiger partial charge is 0.434 e. The van der Waals surface area contributed by atoms with Gasteiger partial charge >= 0.3 is 12.1 Å². The van der Waals surface area contributed by atoms with E-state index in [0.29, 0.717) is 21.9 Å². The van der Waals surface area contributed by atoms with Gasteiger partial charge in [0.1, 0.15) is 16.5 Å². The summed E-state index contributed by atoms with van der Waals surface area (Å²) < 4.78 is 54.3. The van der Waals surface area contributed by atoms with E-state index in [2.05, 4.69) is 4.99 Å². The third-order valence-corrected chi connectivity index (χ3v) is 7.66. The number of fused-ring (bicyclic) bond motifs is 1. The van der Waals surface area contributed by atoms with Crippen LogP contribution in [0.4, 0.5) is 18.9 Å². The largest absolute Gasteiger partial charge is 0.463 e. The number of thiazole rings is 1. The highest BCUT2D eigenvalue weighted by atomic mass is 35.5. The van der Waals surface area contributed by atoms with Gasteiger partial charge in [0.15, 0.2) is 10.5 Å². The zero-order chi connectivity index (χ0) is 30.3. The van der Waals surface area contributed by atoms with Gasteiger partial charge in [0, 0.05) is 22.7 Å². The first-order valence-corrected chi connectivity index (χ1v) is 13.6. The number of nitrogens with zero attached hydrogens (tertiary/aromatic N) is 3. The molecule has 5 rings (SSSR count). The lowest BCUT2D eigenvalue weighted by atomic mass is 9.95. The third-order valence-electron chi connectivity index (χ3n) is 6.11. The fourth-order valence-electron chi connectivity index (χ4n) is 4.32. The zero-order valence-corrected chi connectivity index (χ0v) is 23.5. The molecule has 4 aromatic rings. The van der Waals surface area contributed by atoms with E-state index in [-0.39, 0.29) is 43.7 Å². The summed E-state index contributed by atoms with van der Waals surface area (Å²) >= 11 is 12.5. The molecule has 42 heavy (non-hydrogen) atoms. The molecule has 0 fully saturated rings. The standard InChI is InChI=1S/C27H16Cl2F3N3O6S/c1-2-40-25(37)21-22(13-3-6-15(28)7-4-13)34-24(36)20(42-26(34)33-23(21)27(30,31)32)12-16-8-10-19(41-16)14-5-9-17(29)18(11-14)35(38)39/h3-12,22H,2H2,1H3/b20-12-/t22-/m0/s1. The Morgan fingerprint density at radius 3 is 2.55 bits per heavy atom. The van der Waals surface area contributed by atoms with Crippen LogP contribution in [0.5, 0.6) is 0 Å². The molecule has 216 valence electrons. The average Bonchev–Trinajstić information content (AvgIpc) is 3.52. The molecular formula is C27H16Cl2F3N3O6S. The molecule has 1 atom stereocenters. The summed E-state index contributed by atoms with van der Waals surface area (Å²) in [4.78, 5) is 40.5. The van der Waals surface area contributed by atoms with Crippen LogP contribution < -0.4 is 14.9 Å². The topological polar surface area (TPSA) is 117 Å². The number of esters is 1. The van der Waals surface area contributed by atoms with Crippen LogP contribution in [0.3, 0.4) is 0 Å². The number of aromatic nitrogens is 1. The van der Waals surface area contributed by atoms with E-state index in [0.717, 1.165) is 4.57 Å². The van der Waals surface area contributed by atoms with Crippen LogP contribution >= 0.6 is 34.5 Å². The van der Waals surface area contributed by atoms with Crippen molar-refractivity contribution in [2.24, 2.45) is 4.99 Å². The van der Waals surface area contributed by atoms with Crippen LogP contribution in [-0.4, -0.2) is 28.2 Å². The molecule has 0 saturated heterocycles. The average molecular weight is 638 g/mol. The van der Waals surface area contributed by atoms with Crippen molar-refractivity contribution in [3.8, 4) is 11.3 Å². The van der Waals surface area contributed by atoms with Gasteiger partial charge in [0.05, 0.1) is 27.7 Å². The molecule has 2 aromatic heterocycles. The third kappa shape index (κ3) is 5.50. The Hall–Kier alpha value is -4.20. The summed E-state index contributed by atoms with van der Waals surface area (Å²) in [5.74, 6) is -0.913. The summed E-state index contributed by atoms with van der Waals surface area (Å²) in [6, 6.07) is 11.2. The van der Waals surface area contributed by atoms with Crippen molar-refractivity contribution in [3.05, 3.63) is 117 Å². The normalized spacial score (nSPS) is 15.4. The summed E-state index contributed by atoms with van der Waals surface area (Å²) in [5.41, 5.74) is -2.86. The minimum Gasteiger partial charge on any atom is -0.463 e. The Balaban J connectivity index is 1.68. The Morgan fingerprint density at radius 1 is 1.19 bits per heavy atom. The van der Waals surface area contributed by atoms with Crippen molar-refractivity contribution in [1.82, 2.24) is 4.57 Å². The van der Waals surface area contributed by atoms with Crippen LogP contribution in [0, 0.1) is 10.1 Å². The number of hydrogen-bond donors (Lipinski definition) is 0. The summed E-state index contributed by atoms with van der Waals surface area (Å²) in [7, 11) is 0. The van der Waals surface area contributed by atoms with E-state index < -0.39 is 39.9 Å². The molecule has 9 nitrogen and oxygen atoms in total. The highest BCUT2D eigenvalue weighted by Gasteiger charge is 2.45. The van der Waals surface area contributed by atoms with Crippen molar-refractivity contribution in [2.75, 3.05) is 6.61 Å². The van der Waals surface area contributed by atoms with Gasteiger partial charge in [-0.1, -0.05) is 46.7 Å². The van der Waals surface area contributed by atoms with Crippen molar-refractivity contribution in [1.29, 1.82) is 0 Å². The van der Waals surface area contributed by atoms with Crippen molar-refractivity contribution in [3.63, 3.8) is 0 Å². The van der Waals surface area contributed by atoms with Crippen molar-refractivity contribution >= 4 is 52.3 Å². The first-order chi connectivity index (χ1) is 19.9. The van der Waals surface area contributed by atoms with Gasteiger partial charge < -0.3 is 9.15 Å². The molecule has 1 aliphatic rings. The van der Waals surface area contributed by atoms with Gasteiger partial charge in [-0.05, 0) is 48.9 Å². The van der Waals surface area contributed by atoms with Crippen LogP contribution in [-0.2, 0) is 9.53 Å². The second-order valence-corrected chi connectivity index (χ2v) is 10.6. The predicted molar refractivity (Wildman–Crippen MR) is 148 cm³/mol. The van der Waals surface area contributed by atoms with Gasteiger partial charge in [-0.2, -0.15) is 13.2 Å². The number of nitro benzene ring substituents is 1. The van der Waals surface area contributed by atoms with E-state index in [9.17, 15) is 32.9 Å². The highest BCUT2D eigenvalue weighted by molar-refractivity contribution is 7.07. The summed E-state index contributed by atoms with van der Waals surface area (Å²) in [5, 5.41) is 11.5. The van der Waals surface area contributed by atoms with Gasteiger partial charge in [-0.25, -0.2) is 9.79 Å². The molecule has 0 radical (unpaired) electrons. The monoisotopic (exact) mass is 637 g/mol. The van der Waals surface area contributed by atoms with Gasteiger partial charge in [0.25, 0.3) is 11.2 Å². The molecular weight excluding hydrogens is 622 g/mol. The summed E-state index contributed by atoms with van der Waals surface area (Å²) in [6.07, 6.45) is -3.74. The molecule has 0 aliphatic carbocycles. The Morgan fingerprint density at radius 2 is 1.90 bits per heavy atom. The molecule has 0 amide bonds. The molecule has 15 heteroatoms. The number of rotatable bonds is 6. The fourth-order valence-corrected chi connectivity index (χ4v) is 5.62.